The van der Waals surface area contributed by atoms with Crippen LogP contribution in [0.5, 0.6) is 5.75 Å². The third kappa shape index (κ3) is 3.56. The lowest BCUT2D eigenvalue weighted by Gasteiger charge is -2.21. The number of nitrogens with zero attached hydrogens (tertiary/aromatic N) is 1. The summed E-state index contributed by atoms with van der Waals surface area (Å²) in [5.74, 6) is -0.456. The van der Waals surface area contributed by atoms with E-state index < -0.39 is 5.97 Å². The fourth-order valence-electron chi connectivity index (χ4n) is 2.16. The summed E-state index contributed by atoms with van der Waals surface area (Å²) < 4.78 is 10.6. The highest BCUT2D eigenvalue weighted by Gasteiger charge is 2.14. The number of benzene rings is 1. The Balaban J connectivity index is 2.08. The van der Waals surface area contributed by atoms with Gasteiger partial charge in [-0.15, -0.1) is 0 Å². The zero-order valence-corrected chi connectivity index (χ0v) is 12.2. The molecule has 0 aliphatic rings. The molecule has 21 heavy (non-hydrogen) atoms. The molecule has 0 saturated heterocycles. The van der Waals surface area contributed by atoms with E-state index in [0.29, 0.717) is 11.3 Å². The molecule has 2 aromatic rings. The highest BCUT2D eigenvalue weighted by atomic mass is 16.5. The van der Waals surface area contributed by atoms with Gasteiger partial charge in [0.15, 0.2) is 0 Å². The van der Waals surface area contributed by atoms with Crippen LogP contribution in [0.25, 0.3) is 0 Å². The summed E-state index contributed by atoms with van der Waals surface area (Å²) in [6.07, 6.45) is 1.36. The van der Waals surface area contributed by atoms with Gasteiger partial charge in [0.05, 0.1) is 6.26 Å². The molecule has 0 bridgehead atoms. The van der Waals surface area contributed by atoms with Crippen LogP contribution in [-0.4, -0.2) is 24.2 Å². The highest BCUT2D eigenvalue weighted by molar-refractivity contribution is 5.86. The Morgan fingerprint density at radius 1 is 1.29 bits per heavy atom. The van der Waals surface area contributed by atoms with E-state index in [2.05, 4.69) is 18.7 Å². The van der Waals surface area contributed by atoms with Gasteiger partial charge in [0.2, 0.25) is 5.76 Å². The molecule has 0 aliphatic heterocycles. The first kappa shape index (κ1) is 15.0. The molecule has 5 heteroatoms. The summed E-state index contributed by atoms with van der Waals surface area (Å²) in [5, 5.41) is 8.98. The topological polar surface area (TPSA) is 62.9 Å². The number of ether oxygens (including phenoxy) is 1. The Morgan fingerprint density at radius 2 is 2.05 bits per heavy atom. The lowest BCUT2D eigenvalue weighted by molar-refractivity contribution is 0.0658. The van der Waals surface area contributed by atoms with Crippen LogP contribution >= 0.6 is 0 Å². The summed E-state index contributed by atoms with van der Waals surface area (Å²) in [7, 11) is 0. The van der Waals surface area contributed by atoms with E-state index in [-0.39, 0.29) is 12.4 Å². The largest absolute Gasteiger partial charge is 0.489 e. The van der Waals surface area contributed by atoms with Gasteiger partial charge >= 0.3 is 5.97 Å². The standard InChI is InChI=1S/C16H19NO4/c1-3-17(4-2)13-6-5-7-14(10-13)21-11-12-8-9-20-15(12)16(18)19/h5-10H,3-4,11H2,1-2H3,(H,18,19). The van der Waals surface area contributed by atoms with Crippen LogP contribution in [0.2, 0.25) is 0 Å². The number of carboxylic acids is 1. The maximum atomic E-state index is 11.0. The zero-order valence-electron chi connectivity index (χ0n) is 12.2. The number of anilines is 1. The smallest absolute Gasteiger partial charge is 0.372 e. The number of hydrogen-bond donors (Lipinski definition) is 1. The molecule has 1 N–H and O–H groups in total. The Labute approximate surface area is 123 Å². The van der Waals surface area contributed by atoms with Gasteiger partial charge in [-0.1, -0.05) is 6.07 Å². The normalized spacial score (nSPS) is 10.4. The Kier molecular flexibility index (Phi) is 4.87. The fourth-order valence-corrected chi connectivity index (χ4v) is 2.16. The molecular weight excluding hydrogens is 270 g/mol. The first-order chi connectivity index (χ1) is 10.2. The van der Waals surface area contributed by atoms with E-state index >= 15 is 0 Å². The minimum Gasteiger partial charge on any atom is -0.489 e. The quantitative estimate of drug-likeness (QED) is 0.846. The number of carbonyl (C=O) groups is 1. The van der Waals surface area contributed by atoms with Gasteiger partial charge in [-0.25, -0.2) is 4.79 Å². The number of carboxylic acid groups (broad SMARTS) is 1. The van der Waals surface area contributed by atoms with Crippen molar-refractivity contribution in [3.63, 3.8) is 0 Å². The second-order valence-electron chi connectivity index (χ2n) is 4.54. The molecule has 1 aromatic carbocycles. The van der Waals surface area contributed by atoms with Crippen LogP contribution in [0, 0.1) is 0 Å². The lowest BCUT2D eigenvalue weighted by atomic mass is 10.2. The van der Waals surface area contributed by atoms with Gasteiger partial charge < -0.3 is 19.2 Å². The molecule has 2 rings (SSSR count). The third-order valence-electron chi connectivity index (χ3n) is 3.28. The Morgan fingerprint density at radius 3 is 2.71 bits per heavy atom. The molecule has 1 aromatic heterocycles. The highest BCUT2D eigenvalue weighted by Crippen LogP contribution is 2.22. The van der Waals surface area contributed by atoms with Gasteiger partial charge in [-0.2, -0.15) is 0 Å². The van der Waals surface area contributed by atoms with Crippen LogP contribution < -0.4 is 9.64 Å². The predicted octanol–water partition coefficient (Wildman–Crippen LogP) is 3.40. The average molecular weight is 289 g/mol. The average Bonchev–Trinajstić information content (AvgIpc) is 2.95. The molecule has 0 saturated carbocycles. The van der Waals surface area contributed by atoms with Gasteiger partial charge in [-0.05, 0) is 32.0 Å². The molecule has 0 amide bonds. The molecule has 0 atom stereocenters. The molecular formula is C16H19NO4. The summed E-state index contributed by atoms with van der Waals surface area (Å²) in [5.41, 5.74) is 1.61. The van der Waals surface area contributed by atoms with Crippen molar-refractivity contribution < 1.29 is 19.1 Å². The summed E-state index contributed by atoms with van der Waals surface area (Å²) in [4.78, 5) is 13.2. The van der Waals surface area contributed by atoms with E-state index in [1.807, 2.05) is 24.3 Å². The Bertz CT molecular complexity index is 602. The van der Waals surface area contributed by atoms with E-state index in [1.54, 1.807) is 6.07 Å². The van der Waals surface area contributed by atoms with Crippen LogP contribution in [0.3, 0.4) is 0 Å². The van der Waals surface area contributed by atoms with Crippen LogP contribution in [0.15, 0.2) is 41.0 Å². The molecule has 0 spiro atoms. The SMILES string of the molecule is CCN(CC)c1cccc(OCc2ccoc2C(=O)O)c1. The number of rotatable bonds is 7. The fraction of sp³-hybridized carbons (Fsp3) is 0.312. The molecule has 0 aliphatic carbocycles. The van der Waals surface area contributed by atoms with E-state index in [4.69, 9.17) is 14.3 Å². The Hall–Kier alpha value is -2.43. The second kappa shape index (κ2) is 6.83. The monoisotopic (exact) mass is 289 g/mol. The van der Waals surface area contributed by atoms with Crippen LogP contribution in [0.4, 0.5) is 5.69 Å². The minimum absolute atomic E-state index is 0.0742. The maximum absolute atomic E-state index is 11.0. The number of hydrogen-bond acceptors (Lipinski definition) is 4. The minimum atomic E-state index is -1.09. The third-order valence-corrected chi connectivity index (χ3v) is 3.28. The first-order valence-corrected chi connectivity index (χ1v) is 6.93. The van der Waals surface area contributed by atoms with Crippen molar-refractivity contribution in [2.24, 2.45) is 0 Å². The van der Waals surface area contributed by atoms with Crippen molar-refractivity contribution in [2.75, 3.05) is 18.0 Å². The molecule has 112 valence electrons. The van der Waals surface area contributed by atoms with Gasteiger partial charge in [-0.3, -0.25) is 0 Å². The molecule has 1 heterocycles. The summed E-state index contributed by atoms with van der Waals surface area (Å²) in [6, 6.07) is 9.37. The zero-order chi connectivity index (χ0) is 15.2. The lowest BCUT2D eigenvalue weighted by Crippen LogP contribution is -2.21. The van der Waals surface area contributed by atoms with E-state index in [0.717, 1.165) is 18.8 Å². The number of aromatic carboxylic acids is 1. The van der Waals surface area contributed by atoms with Crippen molar-refractivity contribution in [2.45, 2.75) is 20.5 Å². The van der Waals surface area contributed by atoms with Gasteiger partial charge in [0.25, 0.3) is 0 Å². The summed E-state index contributed by atoms with van der Waals surface area (Å²) in [6.45, 7) is 6.21. The van der Waals surface area contributed by atoms with Gasteiger partial charge in [0, 0.05) is 30.4 Å². The second-order valence-corrected chi connectivity index (χ2v) is 4.54. The van der Waals surface area contributed by atoms with E-state index in [1.165, 1.54) is 6.26 Å². The van der Waals surface area contributed by atoms with Crippen molar-refractivity contribution in [1.82, 2.24) is 0 Å². The molecule has 0 radical (unpaired) electrons. The van der Waals surface area contributed by atoms with Crippen molar-refractivity contribution in [1.29, 1.82) is 0 Å². The first-order valence-electron chi connectivity index (χ1n) is 6.93. The molecule has 0 unspecified atom stereocenters. The van der Waals surface area contributed by atoms with Crippen molar-refractivity contribution in [3.8, 4) is 5.75 Å². The molecule has 0 fully saturated rings. The molecule has 5 nitrogen and oxygen atoms in total. The van der Waals surface area contributed by atoms with Crippen LogP contribution in [-0.2, 0) is 6.61 Å². The number of furan rings is 1. The summed E-state index contributed by atoms with van der Waals surface area (Å²) >= 11 is 0. The van der Waals surface area contributed by atoms with Crippen LogP contribution in [0.1, 0.15) is 30.0 Å². The van der Waals surface area contributed by atoms with E-state index in [9.17, 15) is 4.79 Å². The predicted molar refractivity (Wildman–Crippen MR) is 80.0 cm³/mol. The van der Waals surface area contributed by atoms with Crippen molar-refractivity contribution >= 4 is 11.7 Å². The van der Waals surface area contributed by atoms with Crippen molar-refractivity contribution in [3.05, 3.63) is 47.9 Å². The van der Waals surface area contributed by atoms with Gasteiger partial charge in [0.1, 0.15) is 12.4 Å². The maximum Gasteiger partial charge on any atom is 0.372 e.